The van der Waals surface area contributed by atoms with Crippen LogP contribution in [0.1, 0.15) is 64.1 Å². The summed E-state index contributed by atoms with van der Waals surface area (Å²) in [4.78, 5) is 28.8. The van der Waals surface area contributed by atoms with Gasteiger partial charge in [0.05, 0.1) is 28.7 Å². The minimum atomic E-state index is -4.00. The van der Waals surface area contributed by atoms with Gasteiger partial charge in [0.15, 0.2) is 0 Å². The maximum atomic E-state index is 14.2. The van der Waals surface area contributed by atoms with Crippen LogP contribution in [0.2, 0.25) is 0 Å². The van der Waals surface area contributed by atoms with Crippen molar-refractivity contribution >= 4 is 21.8 Å². The van der Waals surface area contributed by atoms with Gasteiger partial charge in [0.1, 0.15) is 11.6 Å². The molecule has 3 aromatic rings. The molecule has 0 saturated carbocycles. The summed E-state index contributed by atoms with van der Waals surface area (Å²) in [6.07, 6.45) is -0.0469. The van der Waals surface area contributed by atoms with Gasteiger partial charge < -0.3 is 20.6 Å². The highest BCUT2D eigenvalue weighted by molar-refractivity contribution is 7.89. The standard InChI is InChI=1S/C35H41F2N5O5S/c1-4-11-41(12-5-2)35(45)27-15-23(3)14-26(19-27)34(44)40-31(18-25-16-28(36)20-29(37)17-25)33(43)32-22-42(13-10-39-32)48(46,47)30-8-6-24(21-38)7-9-30/h6-9,14-17,19-20,31-33,39,43H,4-5,10-13,18,22H2,1-3H3,(H,40,44)/t31?,32-,33+/m1/s1. The number of sulfonamides is 1. The first kappa shape index (κ1) is 36.6. The number of carbonyl (C=O) groups excluding carboxylic acids is 2. The largest absolute Gasteiger partial charge is 0.389 e. The molecule has 1 fully saturated rings. The summed E-state index contributed by atoms with van der Waals surface area (Å²) in [6, 6.07) is 13.2. The molecule has 0 aliphatic carbocycles. The van der Waals surface area contributed by atoms with Crippen LogP contribution in [-0.2, 0) is 16.4 Å². The molecule has 13 heteroatoms. The van der Waals surface area contributed by atoms with Gasteiger partial charge in [-0.05, 0) is 91.9 Å². The number of nitrogens with zero attached hydrogens (tertiary/aromatic N) is 3. The predicted molar refractivity (Wildman–Crippen MR) is 177 cm³/mol. The number of carbonyl (C=O) groups is 2. The van der Waals surface area contributed by atoms with Crippen LogP contribution < -0.4 is 10.6 Å². The van der Waals surface area contributed by atoms with Gasteiger partial charge in [0.2, 0.25) is 10.0 Å². The molecule has 1 unspecified atom stereocenters. The Balaban J connectivity index is 1.61. The van der Waals surface area contributed by atoms with Crippen LogP contribution in [0.3, 0.4) is 0 Å². The molecule has 3 atom stereocenters. The summed E-state index contributed by atoms with van der Waals surface area (Å²) in [5.41, 5.74) is 1.64. The molecule has 0 bridgehead atoms. The van der Waals surface area contributed by atoms with Crippen LogP contribution in [0.4, 0.5) is 8.78 Å². The van der Waals surface area contributed by atoms with Crippen LogP contribution in [0.15, 0.2) is 65.6 Å². The average Bonchev–Trinajstić information content (AvgIpc) is 3.06. The fourth-order valence-electron chi connectivity index (χ4n) is 5.89. The first-order valence-corrected chi connectivity index (χ1v) is 17.4. The molecule has 1 aliphatic rings. The van der Waals surface area contributed by atoms with Gasteiger partial charge in [0.25, 0.3) is 11.8 Å². The van der Waals surface area contributed by atoms with Gasteiger partial charge in [-0.15, -0.1) is 0 Å². The van der Waals surface area contributed by atoms with E-state index < -0.39 is 45.8 Å². The van der Waals surface area contributed by atoms with E-state index in [1.807, 2.05) is 19.9 Å². The van der Waals surface area contributed by atoms with Gasteiger partial charge in [-0.1, -0.05) is 13.8 Å². The van der Waals surface area contributed by atoms with Crippen molar-refractivity contribution in [3.63, 3.8) is 0 Å². The molecule has 1 aliphatic heterocycles. The number of nitriles is 1. The number of aryl methyl sites for hydroxylation is 1. The SMILES string of the molecule is CCCN(CCC)C(=O)c1cc(C)cc(C(=O)NC(Cc2cc(F)cc(F)c2)[C@H](O)[C@H]2CN(S(=O)(=O)c3ccc(C#N)cc3)CCN2)c1. The van der Waals surface area contributed by atoms with Crippen LogP contribution in [-0.4, -0.2) is 85.5 Å². The zero-order valence-electron chi connectivity index (χ0n) is 27.2. The van der Waals surface area contributed by atoms with E-state index in [4.69, 9.17) is 5.26 Å². The van der Waals surface area contributed by atoms with Crippen molar-refractivity contribution in [1.29, 1.82) is 5.26 Å². The first-order valence-electron chi connectivity index (χ1n) is 15.9. The number of hydrogen-bond donors (Lipinski definition) is 3. The van der Waals surface area contributed by atoms with Crippen molar-refractivity contribution in [1.82, 2.24) is 19.8 Å². The Morgan fingerprint density at radius 2 is 1.67 bits per heavy atom. The number of halogens is 2. The fraction of sp³-hybridized carbons (Fsp3) is 0.400. The Kier molecular flexibility index (Phi) is 12.4. The molecule has 1 heterocycles. The fourth-order valence-corrected chi connectivity index (χ4v) is 7.36. The summed E-state index contributed by atoms with van der Waals surface area (Å²) in [6.45, 7) is 6.95. The van der Waals surface area contributed by atoms with Gasteiger partial charge in [-0.3, -0.25) is 9.59 Å². The number of rotatable bonds is 13. The average molecular weight is 682 g/mol. The number of benzene rings is 3. The topological polar surface area (TPSA) is 143 Å². The predicted octanol–water partition coefficient (Wildman–Crippen LogP) is 3.77. The van der Waals surface area contributed by atoms with E-state index in [2.05, 4.69) is 10.6 Å². The second-order valence-electron chi connectivity index (χ2n) is 12.0. The lowest BCUT2D eigenvalue weighted by molar-refractivity contribution is 0.0600. The lowest BCUT2D eigenvalue weighted by atomic mass is 9.94. The summed E-state index contributed by atoms with van der Waals surface area (Å²) in [5, 5.41) is 26.6. The third-order valence-corrected chi connectivity index (χ3v) is 10.0. The van der Waals surface area contributed by atoms with Gasteiger partial charge in [-0.2, -0.15) is 9.57 Å². The summed E-state index contributed by atoms with van der Waals surface area (Å²) < 4.78 is 56.4. The smallest absolute Gasteiger partial charge is 0.253 e. The van der Waals surface area contributed by atoms with E-state index in [1.165, 1.54) is 34.6 Å². The lowest BCUT2D eigenvalue weighted by Crippen LogP contribution is -2.62. The Morgan fingerprint density at radius 1 is 1.04 bits per heavy atom. The van der Waals surface area contributed by atoms with Crippen LogP contribution in [0.25, 0.3) is 0 Å². The molecule has 0 radical (unpaired) electrons. The van der Waals surface area contributed by atoms with Crippen LogP contribution in [0, 0.1) is 29.9 Å². The first-order chi connectivity index (χ1) is 22.9. The quantitative estimate of drug-likeness (QED) is 0.249. The molecule has 4 rings (SSSR count). The molecular weight excluding hydrogens is 640 g/mol. The Labute approximate surface area is 280 Å². The van der Waals surface area contributed by atoms with Crippen LogP contribution >= 0.6 is 0 Å². The van der Waals surface area contributed by atoms with Crippen molar-refractivity contribution in [3.05, 3.63) is 100 Å². The molecule has 2 amide bonds. The molecule has 3 N–H and O–H groups in total. The summed E-state index contributed by atoms with van der Waals surface area (Å²) in [7, 11) is -4.00. The molecule has 256 valence electrons. The van der Waals surface area contributed by atoms with Crippen LogP contribution in [0.5, 0.6) is 0 Å². The maximum absolute atomic E-state index is 14.2. The number of aliphatic hydroxyl groups excluding tert-OH is 1. The molecule has 1 saturated heterocycles. The van der Waals surface area contributed by atoms with Crippen molar-refractivity contribution in [3.8, 4) is 6.07 Å². The molecule has 0 spiro atoms. The number of nitrogens with one attached hydrogen (secondary N) is 2. The monoisotopic (exact) mass is 681 g/mol. The minimum absolute atomic E-state index is 0.0158. The van der Waals surface area contributed by atoms with Crippen molar-refractivity contribution < 1.29 is 31.9 Å². The molecule has 10 nitrogen and oxygen atoms in total. The highest BCUT2D eigenvalue weighted by atomic mass is 32.2. The van der Waals surface area contributed by atoms with Gasteiger partial charge in [-0.25, -0.2) is 17.2 Å². The van der Waals surface area contributed by atoms with Gasteiger partial charge in [0, 0.05) is 56.0 Å². The summed E-state index contributed by atoms with van der Waals surface area (Å²) in [5.74, 6) is -2.49. The third-order valence-electron chi connectivity index (χ3n) is 8.17. The number of aliphatic hydroxyl groups is 1. The Morgan fingerprint density at radius 3 is 2.27 bits per heavy atom. The second kappa shape index (κ2) is 16.3. The van der Waals surface area contributed by atoms with E-state index in [0.29, 0.717) is 35.8 Å². The van der Waals surface area contributed by atoms with Crippen molar-refractivity contribution in [2.75, 3.05) is 32.7 Å². The number of hydrogen-bond acceptors (Lipinski definition) is 7. The van der Waals surface area contributed by atoms with Crippen molar-refractivity contribution in [2.24, 2.45) is 0 Å². The highest BCUT2D eigenvalue weighted by Crippen LogP contribution is 2.21. The molecular formula is C35H41F2N5O5S. The maximum Gasteiger partial charge on any atom is 0.253 e. The Bertz CT molecular complexity index is 1740. The number of amides is 2. The highest BCUT2D eigenvalue weighted by Gasteiger charge is 2.37. The van der Waals surface area contributed by atoms with E-state index in [9.17, 15) is 31.9 Å². The zero-order valence-corrected chi connectivity index (χ0v) is 28.1. The van der Waals surface area contributed by atoms with Crippen molar-refractivity contribution in [2.45, 2.75) is 63.1 Å². The Hall–Kier alpha value is -4.22. The van der Waals surface area contributed by atoms with E-state index in [-0.39, 0.29) is 48.0 Å². The molecule has 48 heavy (non-hydrogen) atoms. The van der Waals surface area contributed by atoms with Gasteiger partial charge >= 0.3 is 0 Å². The zero-order chi connectivity index (χ0) is 35.0. The second-order valence-corrected chi connectivity index (χ2v) is 13.9. The lowest BCUT2D eigenvalue weighted by Gasteiger charge is -2.38. The van der Waals surface area contributed by atoms with E-state index in [1.54, 1.807) is 24.0 Å². The number of piperazine rings is 1. The normalized spacial score (nSPS) is 16.5. The third kappa shape index (κ3) is 9.02. The summed E-state index contributed by atoms with van der Waals surface area (Å²) >= 11 is 0. The molecule has 0 aromatic heterocycles. The van der Waals surface area contributed by atoms with E-state index >= 15 is 0 Å². The van der Waals surface area contributed by atoms with E-state index in [0.717, 1.165) is 25.0 Å². The minimum Gasteiger partial charge on any atom is -0.389 e. The molecule has 3 aromatic carbocycles.